The average Bonchev–Trinajstić information content (AvgIpc) is 2.64. The summed E-state index contributed by atoms with van der Waals surface area (Å²) in [6.45, 7) is 9.35. The van der Waals surface area contributed by atoms with Crippen molar-refractivity contribution in [3.8, 4) is 0 Å². The van der Waals surface area contributed by atoms with Crippen molar-refractivity contribution in [3.05, 3.63) is 33.9 Å². The first-order valence-electron chi connectivity index (χ1n) is 10.3. The van der Waals surface area contributed by atoms with Crippen LogP contribution in [0.2, 0.25) is 0 Å². The molecule has 1 saturated carbocycles. The van der Waals surface area contributed by atoms with E-state index in [0.29, 0.717) is 17.8 Å². The van der Waals surface area contributed by atoms with Crippen LogP contribution in [0.5, 0.6) is 0 Å². The molecule has 1 aliphatic carbocycles. The summed E-state index contributed by atoms with van der Waals surface area (Å²) in [7, 11) is 0. The third kappa shape index (κ3) is 4.79. The molecule has 0 amide bonds. The van der Waals surface area contributed by atoms with Crippen LogP contribution in [0.1, 0.15) is 57.9 Å². The molecule has 1 aromatic carbocycles. The average molecular weight is 376 g/mol. The van der Waals surface area contributed by atoms with Crippen molar-refractivity contribution in [2.75, 3.05) is 25.0 Å². The van der Waals surface area contributed by atoms with Gasteiger partial charge in [0.05, 0.1) is 11.0 Å². The Bertz CT molecular complexity index is 648. The molecule has 6 nitrogen and oxygen atoms in total. The van der Waals surface area contributed by atoms with E-state index in [-0.39, 0.29) is 16.1 Å². The van der Waals surface area contributed by atoms with Gasteiger partial charge in [0.2, 0.25) is 0 Å². The predicted molar refractivity (Wildman–Crippen MR) is 108 cm³/mol. The quantitative estimate of drug-likeness (QED) is 0.585. The summed E-state index contributed by atoms with van der Waals surface area (Å²) in [5.74, 6) is 0. The molecule has 1 aliphatic heterocycles. The maximum atomic E-state index is 11.3. The fourth-order valence-corrected chi connectivity index (χ4v) is 4.64. The van der Waals surface area contributed by atoms with Crippen molar-refractivity contribution in [2.24, 2.45) is 0 Å². The number of nitrogens with zero attached hydrogens (tertiary/aromatic N) is 2. The van der Waals surface area contributed by atoms with E-state index in [0.717, 1.165) is 50.9 Å². The third-order valence-corrected chi connectivity index (χ3v) is 6.38. The highest BCUT2D eigenvalue weighted by Crippen LogP contribution is 2.37. The SMILES string of the molecule is CCOC1CCC(C)(N2CCC(Nc3cc(C)ccc3[N+](=O)[O-])CC2)CC1. The Kier molecular flexibility index (Phi) is 6.37. The number of anilines is 1. The topological polar surface area (TPSA) is 67.6 Å². The Labute approximate surface area is 162 Å². The second-order valence-electron chi connectivity index (χ2n) is 8.34. The maximum absolute atomic E-state index is 11.3. The summed E-state index contributed by atoms with van der Waals surface area (Å²) < 4.78 is 5.80. The van der Waals surface area contributed by atoms with Gasteiger partial charge in [-0.05, 0) is 70.9 Å². The minimum Gasteiger partial charge on any atom is -0.379 e. The molecular formula is C21H33N3O3. The second-order valence-corrected chi connectivity index (χ2v) is 8.34. The van der Waals surface area contributed by atoms with E-state index in [4.69, 9.17) is 4.74 Å². The lowest BCUT2D eigenvalue weighted by atomic mass is 9.79. The molecule has 0 aromatic heterocycles. The molecule has 27 heavy (non-hydrogen) atoms. The first-order valence-corrected chi connectivity index (χ1v) is 10.3. The Hall–Kier alpha value is -1.66. The fourth-order valence-electron chi connectivity index (χ4n) is 4.64. The molecule has 1 N–H and O–H groups in total. The van der Waals surface area contributed by atoms with Gasteiger partial charge in [-0.15, -0.1) is 0 Å². The van der Waals surface area contributed by atoms with Gasteiger partial charge in [0.1, 0.15) is 5.69 Å². The van der Waals surface area contributed by atoms with Crippen LogP contribution < -0.4 is 5.32 Å². The molecule has 6 heteroatoms. The molecule has 3 rings (SSSR count). The fraction of sp³-hybridized carbons (Fsp3) is 0.714. The van der Waals surface area contributed by atoms with Gasteiger partial charge in [-0.3, -0.25) is 15.0 Å². The van der Waals surface area contributed by atoms with Crippen molar-refractivity contribution in [1.82, 2.24) is 4.90 Å². The van der Waals surface area contributed by atoms with Crippen molar-refractivity contribution < 1.29 is 9.66 Å². The van der Waals surface area contributed by atoms with E-state index in [1.165, 1.54) is 12.8 Å². The first kappa shape index (κ1) is 20.1. The van der Waals surface area contributed by atoms with E-state index in [1.807, 2.05) is 13.0 Å². The van der Waals surface area contributed by atoms with Crippen LogP contribution in [0.25, 0.3) is 0 Å². The van der Waals surface area contributed by atoms with Gasteiger partial charge in [-0.25, -0.2) is 0 Å². The highest BCUT2D eigenvalue weighted by molar-refractivity contribution is 5.63. The highest BCUT2D eigenvalue weighted by Gasteiger charge is 2.38. The predicted octanol–water partition coefficient (Wildman–Crippen LogP) is 4.52. The standard InChI is InChI=1S/C21H33N3O3/c1-4-27-18-7-11-21(3,12-8-18)23-13-9-17(10-14-23)22-19-15-16(2)5-6-20(19)24(25)26/h5-6,15,17-18,22H,4,7-14H2,1-3H3. The van der Waals surface area contributed by atoms with Gasteiger partial charge in [0.25, 0.3) is 5.69 Å². The zero-order valence-corrected chi connectivity index (χ0v) is 16.9. The molecule has 0 unspecified atom stereocenters. The van der Waals surface area contributed by atoms with Gasteiger partial charge in [-0.2, -0.15) is 0 Å². The first-order chi connectivity index (χ1) is 12.9. The van der Waals surface area contributed by atoms with Gasteiger partial charge in [-0.1, -0.05) is 6.07 Å². The number of nitrogens with one attached hydrogen (secondary N) is 1. The Morgan fingerprint density at radius 3 is 2.52 bits per heavy atom. The summed E-state index contributed by atoms with van der Waals surface area (Å²) >= 11 is 0. The summed E-state index contributed by atoms with van der Waals surface area (Å²) in [4.78, 5) is 13.6. The van der Waals surface area contributed by atoms with Gasteiger partial charge < -0.3 is 10.1 Å². The minimum atomic E-state index is -0.297. The van der Waals surface area contributed by atoms with E-state index in [9.17, 15) is 10.1 Å². The number of piperidine rings is 1. The molecule has 0 atom stereocenters. The van der Waals surface area contributed by atoms with E-state index < -0.39 is 0 Å². The van der Waals surface area contributed by atoms with Gasteiger partial charge >= 0.3 is 0 Å². The van der Waals surface area contributed by atoms with E-state index in [1.54, 1.807) is 12.1 Å². The molecule has 0 radical (unpaired) electrons. The minimum absolute atomic E-state index is 0.171. The van der Waals surface area contributed by atoms with Crippen molar-refractivity contribution in [2.45, 2.75) is 77.0 Å². The molecule has 1 heterocycles. The number of hydrogen-bond acceptors (Lipinski definition) is 5. The van der Waals surface area contributed by atoms with Crippen LogP contribution in [0.4, 0.5) is 11.4 Å². The molecule has 2 aliphatic rings. The van der Waals surface area contributed by atoms with Crippen LogP contribution in [-0.4, -0.2) is 47.2 Å². The lowest BCUT2D eigenvalue weighted by molar-refractivity contribution is -0.384. The molecule has 1 saturated heterocycles. The second kappa shape index (κ2) is 8.57. The third-order valence-electron chi connectivity index (χ3n) is 6.38. The monoisotopic (exact) mass is 375 g/mol. The number of likely N-dealkylation sites (tertiary alicyclic amines) is 1. The van der Waals surface area contributed by atoms with E-state index >= 15 is 0 Å². The highest BCUT2D eigenvalue weighted by atomic mass is 16.6. The van der Waals surface area contributed by atoms with Crippen LogP contribution in [0, 0.1) is 17.0 Å². The van der Waals surface area contributed by atoms with Crippen molar-refractivity contribution in [3.63, 3.8) is 0 Å². The molecular weight excluding hydrogens is 342 g/mol. The van der Waals surface area contributed by atoms with Crippen molar-refractivity contribution >= 4 is 11.4 Å². The lowest BCUT2D eigenvalue weighted by Gasteiger charge is -2.48. The number of nitro benzene ring substituents is 1. The zero-order chi connectivity index (χ0) is 19.4. The summed E-state index contributed by atoms with van der Waals surface area (Å²) in [5, 5.41) is 14.7. The summed E-state index contributed by atoms with van der Waals surface area (Å²) in [6.07, 6.45) is 7.17. The largest absolute Gasteiger partial charge is 0.379 e. The van der Waals surface area contributed by atoms with Crippen LogP contribution in [0.15, 0.2) is 18.2 Å². The number of aryl methyl sites for hydroxylation is 1. The Morgan fingerprint density at radius 1 is 1.26 bits per heavy atom. The zero-order valence-electron chi connectivity index (χ0n) is 16.9. The molecule has 0 bridgehead atoms. The Morgan fingerprint density at radius 2 is 1.93 bits per heavy atom. The number of benzene rings is 1. The number of rotatable bonds is 6. The number of hydrogen-bond donors (Lipinski definition) is 1. The summed E-state index contributed by atoms with van der Waals surface area (Å²) in [6, 6.07) is 5.58. The summed E-state index contributed by atoms with van der Waals surface area (Å²) in [5.41, 5.74) is 2.14. The molecule has 0 spiro atoms. The number of nitro groups is 1. The smallest absolute Gasteiger partial charge is 0.292 e. The van der Waals surface area contributed by atoms with E-state index in [2.05, 4.69) is 24.1 Å². The van der Waals surface area contributed by atoms with Crippen LogP contribution in [0.3, 0.4) is 0 Å². The molecule has 2 fully saturated rings. The normalized spacial score (nSPS) is 27.4. The van der Waals surface area contributed by atoms with Gasteiger partial charge in [0, 0.05) is 37.3 Å². The molecule has 1 aromatic rings. The van der Waals surface area contributed by atoms with Crippen LogP contribution >= 0.6 is 0 Å². The maximum Gasteiger partial charge on any atom is 0.292 e. The van der Waals surface area contributed by atoms with Crippen molar-refractivity contribution in [1.29, 1.82) is 0 Å². The van der Waals surface area contributed by atoms with Crippen LogP contribution in [-0.2, 0) is 4.74 Å². The Balaban J connectivity index is 1.55. The molecule has 150 valence electrons. The van der Waals surface area contributed by atoms with Gasteiger partial charge in [0.15, 0.2) is 0 Å². The number of ether oxygens (including phenoxy) is 1. The lowest BCUT2D eigenvalue weighted by Crippen LogP contribution is -2.53.